The van der Waals surface area contributed by atoms with Gasteiger partial charge >= 0.3 is 5.97 Å². The summed E-state index contributed by atoms with van der Waals surface area (Å²) in [6, 6.07) is 7.89. The molecule has 230 valence electrons. The first-order valence-electron chi connectivity index (χ1n) is 15.0. The number of likely N-dealkylation sites (tertiary alicyclic amines) is 1. The maximum Gasteiger partial charge on any atom is 0.313 e. The zero-order valence-corrected chi connectivity index (χ0v) is 26.1. The minimum absolute atomic E-state index is 0.0206. The fourth-order valence-corrected chi connectivity index (χ4v) is 8.07. The van der Waals surface area contributed by atoms with Crippen LogP contribution in [0.5, 0.6) is 0 Å². The summed E-state index contributed by atoms with van der Waals surface area (Å²) in [7, 11) is 0. The number of esters is 1. The highest BCUT2D eigenvalue weighted by atomic mass is 16.6. The Kier molecular flexibility index (Phi) is 8.83. The Labute approximate surface area is 250 Å². The maximum absolute atomic E-state index is 15.0. The molecule has 4 rings (SSSR count). The third-order valence-electron chi connectivity index (χ3n) is 9.24. The number of hydrogen-bond donors (Lipinski definition) is 1. The Morgan fingerprint density at radius 1 is 1.17 bits per heavy atom. The molecule has 8 heteroatoms. The lowest BCUT2D eigenvalue weighted by atomic mass is 9.66. The second-order valence-electron chi connectivity index (χ2n) is 14.2. The number of ether oxygens (including phenoxy) is 2. The molecule has 3 heterocycles. The molecule has 0 radical (unpaired) electrons. The molecular formula is C34H48N2O6. The number of aliphatic hydroxyl groups is 1. The lowest BCUT2D eigenvalue weighted by molar-refractivity contribution is -0.162. The van der Waals surface area contributed by atoms with Crippen LogP contribution in [0.4, 0.5) is 0 Å². The summed E-state index contributed by atoms with van der Waals surface area (Å²) in [4.78, 5) is 46.4. The fourth-order valence-electron chi connectivity index (χ4n) is 8.07. The molecule has 6 atom stereocenters. The monoisotopic (exact) mass is 580 g/mol. The second-order valence-corrected chi connectivity index (χ2v) is 14.2. The van der Waals surface area contributed by atoms with Crippen molar-refractivity contribution >= 4 is 17.8 Å². The van der Waals surface area contributed by atoms with Crippen LogP contribution in [0, 0.1) is 17.3 Å². The van der Waals surface area contributed by atoms with E-state index in [0.717, 1.165) is 5.56 Å². The molecule has 2 bridgehead atoms. The Balaban J connectivity index is 1.85. The number of carbonyl (C=O) groups is 3. The van der Waals surface area contributed by atoms with Gasteiger partial charge in [-0.05, 0) is 57.4 Å². The predicted octanol–water partition coefficient (Wildman–Crippen LogP) is 4.31. The van der Waals surface area contributed by atoms with Crippen LogP contribution in [-0.4, -0.2) is 81.3 Å². The summed E-state index contributed by atoms with van der Waals surface area (Å²) in [6.07, 6.45) is 5.21. The number of aliphatic hydroxyl groups excluding tert-OH is 1. The van der Waals surface area contributed by atoms with Gasteiger partial charge in [0.25, 0.3) is 0 Å². The maximum atomic E-state index is 15.0. The highest BCUT2D eigenvalue weighted by Crippen LogP contribution is 2.64. The smallest absolute Gasteiger partial charge is 0.313 e. The standard InChI is InChI=1S/C34H48N2O6/c1-9-18-35(32(6,7)22-31(3,4)5)29(39)27-34-17-16-33(8,42-34)26(30(40)41-19-10-2)25(34)28(38)36(27)24(21-37)20-23-14-12-11-13-15-23/h9-15,24-27,37H,1-2,16-22H2,3-8H3/t24-,25+,26-,27?,33+,34?/m1/s1. The summed E-state index contributed by atoms with van der Waals surface area (Å²) >= 11 is 0. The van der Waals surface area contributed by atoms with Gasteiger partial charge in [0.1, 0.15) is 24.2 Å². The van der Waals surface area contributed by atoms with Crippen molar-refractivity contribution in [2.24, 2.45) is 17.3 Å². The van der Waals surface area contributed by atoms with E-state index in [0.29, 0.717) is 25.7 Å². The molecule has 0 saturated carbocycles. The number of amides is 2. The van der Waals surface area contributed by atoms with Crippen LogP contribution in [-0.2, 0) is 30.3 Å². The van der Waals surface area contributed by atoms with Crippen molar-refractivity contribution in [3.63, 3.8) is 0 Å². The number of hydrogen-bond acceptors (Lipinski definition) is 6. The first-order valence-corrected chi connectivity index (χ1v) is 15.0. The van der Waals surface area contributed by atoms with E-state index >= 15 is 0 Å². The van der Waals surface area contributed by atoms with Gasteiger partial charge in [0.15, 0.2) is 0 Å². The minimum atomic E-state index is -1.22. The lowest BCUT2D eigenvalue weighted by Gasteiger charge is -2.46. The number of rotatable bonds is 12. The van der Waals surface area contributed by atoms with Gasteiger partial charge in [0, 0.05) is 12.1 Å². The van der Waals surface area contributed by atoms with Crippen LogP contribution >= 0.6 is 0 Å². The molecule has 1 aromatic carbocycles. The molecule has 42 heavy (non-hydrogen) atoms. The Morgan fingerprint density at radius 3 is 2.40 bits per heavy atom. The SMILES string of the molecule is C=CCOC(=O)[C@H]1[C@H]2C(=O)N([C@@H](CO)Cc3ccccc3)C(C(=O)N(CC=C)C(C)(C)CC(C)(C)C)C23CC[C@]1(C)O3. The normalized spacial score (nSPS) is 29.3. The van der Waals surface area contributed by atoms with E-state index in [1.165, 1.54) is 6.08 Å². The molecule has 8 nitrogen and oxygen atoms in total. The van der Waals surface area contributed by atoms with Crippen LogP contribution in [0.1, 0.15) is 66.4 Å². The molecular weight excluding hydrogens is 532 g/mol. The summed E-state index contributed by atoms with van der Waals surface area (Å²) in [5, 5.41) is 10.7. The lowest BCUT2D eigenvalue weighted by Crippen LogP contribution is -2.62. The average molecular weight is 581 g/mol. The van der Waals surface area contributed by atoms with E-state index in [-0.39, 0.29) is 37.0 Å². The molecule has 1 spiro atoms. The molecule has 0 aromatic heterocycles. The van der Waals surface area contributed by atoms with E-state index in [4.69, 9.17) is 9.47 Å². The highest BCUT2D eigenvalue weighted by molar-refractivity contribution is 5.99. The van der Waals surface area contributed by atoms with Crippen molar-refractivity contribution in [2.45, 2.75) is 96.1 Å². The van der Waals surface area contributed by atoms with Gasteiger partial charge in [0.2, 0.25) is 11.8 Å². The quantitative estimate of drug-likeness (QED) is 0.292. The van der Waals surface area contributed by atoms with Gasteiger partial charge in [-0.2, -0.15) is 0 Å². The summed E-state index contributed by atoms with van der Waals surface area (Å²) in [5.41, 5.74) is -1.89. The third-order valence-corrected chi connectivity index (χ3v) is 9.24. The topological polar surface area (TPSA) is 96.4 Å². The van der Waals surface area contributed by atoms with Gasteiger partial charge in [-0.3, -0.25) is 14.4 Å². The molecule has 3 saturated heterocycles. The zero-order valence-electron chi connectivity index (χ0n) is 26.1. The molecule has 2 unspecified atom stereocenters. The van der Waals surface area contributed by atoms with Crippen LogP contribution in [0.3, 0.4) is 0 Å². The molecule has 3 aliphatic rings. The van der Waals surface area contributed by atoms with Crippen molar-refractivity contribution in [1.82, 2.24) is 9.80 Å². The van der Waals surface area contributed by atoms with Gasteiger partial charge in [-0.1, -0.05) is 69.8 Å². The van der Waals surface area contributed by atoms with Crippen molar-refractivity contribution in [3.8, 4) is 0 Å². The Bertz CT molecular complexity index is 1210. The van der Waals surface area contributed by atoms with E-state index in [1.807, 2.05) is 51.1 Å². The van der Waals surface area contributed by atoms with Gasteiger partial charge in [0.05, 0.1) is 24.2 Å². The molecule has 3 aliphatic heterocycles. The van der Waals surface area contributed by atoms with E-state index < -0.39 is 46.6 Å². The fraction of sp³-hybridized carbons (Fsp3) is 0.618. The van der Waals surface area contributed by atoms with Crippen LogP contribution in [0.15, 0.2) is 55.6 Å². The molecule has 1 aromatic rings. The predicted molar refractivity (Wildman–Crippen MR) is 161 cm³/mol. The number of carbonyl (C=O) groups excluding carboxylic acids is 3. The van der Waals surface area contributed by atoms with E-state index in [9.17, 15) is 19.5 Å². The Morgan fingerprint density at radius 2 is 1.83 bits per heavy atom. The molecule has 3 fully saturated rings. The number of fused-ring (bicyclic) bond motifs is 1. The van der Waals surface area contributed by atoms with Crippen molar-refractivity contribution in [1.29, 1.82) is 0 Å². The molecule has 1 N–H and O–H groups in total. The Hall–Kier alpha value is -2.97. The van der Waals surface area contributed by atoms with Gasteiger partial charge in [-0.15, -0.1) is 6.58 Å². The van der Waals surface area contributed by atoms with Gasteiger partial charge in [-0.25, -0.2) is 0 Å². The van der Waals surface area contributed by atoms with Crippen LogP contribution in [0.25, 0.3) is 0 Å². The largest absolute Gasteiger partial charge is 0.461 e. The second kappa shape index (κ2) is 11.6. The van der Waals surface area contributed by atoms with Crippen molar-refractivity contribution < 1.29 is 29.0 Å². The van der Waals surface area contributed by atoms with E-state index in [2.05, 4.69) is 33.9 Å². The van der Waals surface area contributed by atoms with Crippen LogP contribution in [0.2, 0.25) is 0 Å². The van der Waals surface area contributed by atoms with Gasteiger partial charge < -0.3 is 24.4 Å². The third kappa shape index (κ3) is 5.55. The number of benzene rings is 1. The zero-order chi connectivity index (χ0) is 31.1. The molecule has 2 amide bonds. The van der Waals surface area contributed by atoms with Crippen LogP contribution < -0.4 is 0 Å². The highest BCUT2D eigenvalue weighted by Gasteiger charge is 2.79. The number of nitrogens with zero attached hydrogens (tertiary/aromatic N) is 2. The summed E-state index contributed by atoms with van der Waals surface area (Å²) in [6.45, 7) is 19.9. The van der Waals surface area contributed by atoms with Crippen molar-refractivity contribution in [2.75, 3.05) is 19.8 Å². The summed E-state index contributed by atoms with van der Waals surface area (Å²) < 4.78 is 12.3. The first-order chi connectivity index (χ1) is 19.7. The molecule has 0 aliphatic carbocycles. The first kappa shape index (κ1) is 32.0. The van der Waals surface area contributed by atoms with E-state index in [1.54, 1.807) is 15.9 Å². The van der Waals surface area contributed by atoms with Crippen molar-refractivity contribution in [3.05, 3.63) is 61.2 Å². The minimum Gasteiger partial charge on any atom is -0.461 e. The average Bonchev–Trinajstić information content (AvgIpc) is 3.48. The summed E-state index contributed by atoms with van der Waals surface area (Å²) in [5.74, 6) is -2.89.